The Morgan fingerprint density at radius 3 is 2.68 bits per heavy atom. The highest BCUT2D eigenvalue weighted by atomic mass is 16.6. The monoisotopic (exact) mass is 303 g/mol. The van der Waals surface area contributed by atoms with Gasteiger partial charge in [0.05, 0.1) is 6.10 Å². The number of fused-ring (bicyclic) bond motifs is 5. The Kier molecular flexibility index (Phi) is 3.32. The standard InChI is InChI=1S/C19H29NO2/c1-18-9-7-13(21)11-12(18)3-4-14-15-5-6-17(22-20)19(15,2)10-8-16(14)18/h11,14-17H,3-10,20H2,1-2H3/t14?,15?,16?,17-,18-,19-/m0/s1. The van der Waals surface area contributed by atoms with Gasteiger partial charge in [-0.25, -0.2) is 5.90 Å². The second-order valence-corrected chi connectivity index (χ2v) is 8.72. The normalized spacial score (nSPS) is 50.9. The van der Waals surface area contributed by atoms with Crippen LogP contribution >= 0.6 is 0 Å². The third-order valence-corrected chi connectivity index (χ3v) is 8.04. The van der Waals surface area contributed by atoms with Gasteiger partial charge in [-0.3, -0.25) is 4.79 Å². The molecule has 0 radical (unpaired) electrons. The SMILES string of the molecule is C[C@]12CCC(=O)C=C1CCC1C2CC[C@@]2(C)C1CC[C@@H]2ON. The predicted molar refractivity (Wildman–Crippen MR) is 85.8 cm³/mol. The summed E-state index contributed by atoms with van der Waals surface area (Å²) < 4.78 is 0. The number of hydrogen-bond donors (Lipinski definition) is 1. The zero-order chi connectivity index (χ0) is 15.5. The van der Waals surface area contributed by atoms with Crippen molar-refractivity contribution in [2.75, 3.05) is 0 Å². The second-order valence-electron chi connectivity index (χ2n) is 8.72. The van der Waals surface area contributed by atoms with Crippen molar-refractivity contribution in [2.24, 2.45) is 34.5 Å². The molecule has 4 aliphatic carbocycles. The fourth-order valence-electron chi connectivity index (χ4n) is 6.73. The molecule has 0 saturated heterocycles. The predicted octanol–water partition coefficient (Wildman–Crippen LogP) is 3.78. The highest BCUT2D eigenvalue weighted by Gasteiger charge is 2.59. The average molecular weight is 303 g/mol. The molecule has 3 nitrogen and oxygen atoms in total. The van der Waals surface area contributed by atoms with Crippen molar-refractivity contribution < 1.29 is 9.63 Å². The van der Waals surface area contributed by atoms with Gasteiger partial charge in [0.2, 0.25) is 0 Å². The fraction of sp³-hybridized carbons (Fsp3) is 0.842. The van der Waals surface area contributed by atoms with Crippen molar-refractivity contribution in [1.82, 2.24) is 0 Å². The minimum Gasteiger partial charge on any atom is -0.301 e. The van der Waals surface area contributed by atoms with Crippen LogP contribution in [0.3, 0.4) is 0 Å². The summed E-state index contributed by atoms with van der Waals surface area (Å²) in [5.74, 6) is 8.27. The van der Waals surface area contributed by atoms with Crippen molar-refractivity contribution in [1.29, 1.82) is 0 Å². The largest absolute Gasteiger partial charge is 0.301 e. The van der Waals surface area contributed by atoms with E-state index in [1.54, 1.807) is 0 Å². The van der Waals surface area contributed by atoms with Crippen LogP contribution in [-0.4, -0.2) is 11.9 Å². The van der Waals surface area contributed by atoms with E-state index >= 15 is 0 Å². The van der Waals surface area contributed by atoms with E-state index in [9.17, 15) is 4.79 Å². The summed E-state index contributed by atoms with van der Waals surface area (Å²) >= 11 is 0. The molecule has 2 N–H and O–H groups in total. The first-order valence-corrected chi connectivity index (χ1v) is 9.08. The molecular weight excluding hydrogens is 274 g/mol. The van der Waals surface area contributed by atoms with E-state index in [1.807, 2.05) is 6.08 Å². The van der Waals surface area contributed by atoms with E-state index in [2.05, 4.69) is 13.8 Å². The summed E-state index contributed by atoms with van der Waals surface area (Å²) in [6, 6.07) is 0. The van der Waals surface area contributed by atoms with Gasteiger partial charge < -0.3 is 4.84 Å². The van der Waals surface area contributed by atoms with Crippen molar-refractivity contribution >= 4 is 5.78 Å². The van der Waals surface area contributed by atoms with E-state index in [0.29, 0.717) is 5.78 Å². The molecule has 3 fully saturated rings. The molecule has 0 bridgehead atoms. The lowest BCUT2D eigenvalue weighted by Crippen LogP contribution is -2.51. The van der Waals surface area contributed by atoms with Crippen LogP contribution in [0.25, 0.3) is 0 Å². The zero-order valence-corrected chi connectivity index (χ0v) is 13.9. The number of allylic oxidation sites excluding steroid dienone is 1. The van der Waals surface area contributed by atoms with Crippen LogP contribution in [0.4, 0.5) is 0 Å². The Morgan fingerprint density at radius 1 is 1.09 bits per heavy atom. The fourth-order valence-corrected chi connectivity index (χ4v) is 6.73. The van der Waals surface area contributed by atoms with E-state index in [4.69, 9.17) is 10.7 Å². The summed E-state index contributed by atoms with van der Waals surface area (Å²) in [7, 11) is 0. The smallest absolute Gasteiger partial charge is 0.155 e. The molecule has 0 aliphatic heterocycles. The van der Waals surface area contributed by atoms with Gasteiger partial charge in [-0.05, 0) is 79.6 Å². The molecule has 3 heteroatoms. The number of rotatable bonds is 1. The first-order valence-electron chi connectivity index (χ1n) is 9.08. The van der Waals surface area contributed by atoms with Gasteiger partial charge in [0.15, 0.2) is 5.78 Å². The summed E-state index contributed by atoms with van der Waals surface area (Å²) in [5.41, 5.74) is 2.01. The van der Waals surface area contributed by atoms with Gasteiger partial charge in [0, 0.05) is 6.42 Å². The van der Waals surface area contributed by atoms with Crippen LogP contribution in [-0.2, 0) is 9.63 Å². The topological polar surface area (TPSA) is 52.3 Å². The maximum Gasteiger partial charge on any atom is 0.155 e. The van der Waals surface area contributed by atoms with Crippen LogP contribution in [0, 0.1) is 28.6 Å². The van der Waals surface area contributed by atoms with E-state index in [0.717, 1.165) is 43.4 Å². The Labute approximate surface area is 133 Å². The number of ketones is 1. The van der Waals surface area contributed by atoms with Crippen LogP contribution in [0.2, 0.25) is 0 Å². The minimum atomic E-state index is 0.246. The molecule has 0 aromatic heterocycles. The maximum absolute atomic E-state index is 11.8. The lowest BCUT2D eigenvalue weighted by molar-refractivity contribution is -0.119. The Balaban J connectivity index is 1.67. The molecule has 0 heterocycles. The van der Waals surface area contributed by atoms with Gasteiger partial charge in [-0.1, -0.05) is 19.4 Å². The summed E-state index contributed by atoms with van der Waals surface area (Å²) in [6.45, 7) is 4.85. The van der Waals surface area contributed by atoms with E-state index in [-0.39, 0.29) is 16.9 Å². The van der Waals surface area contributed by atoms with E-state index < -0.39 is 0 Å². The molecule has 4 rings (SSSR count). The van der Waals surface area contributed by atoms with Crippen LogP contribution in [0.1, 0.15) is 65.2 Å². The van der Waals surface area contributed by atoms with E-state index in [1.165, 1.54) is 31.3 Å². The zero-order valence-electron chi connectivity index (χ0n) is 13.9. The van der Waals surface area contributed by atoms with Crippen LogP contribution in [0.15, 0.2) is 11.6 Å². The number of carbonyl (C=O) groups excluding carboxylic acids is 1. The van der Waals surface area contributed by atoms with Gasteiger partial charge in [-0.2, -0.15) is 0 Å². The number of nitrogens with two attached hydrogens (primary N) is 1. The second kappa shape index (κ2) is 4.91. The highest BCUT2D eigenvalue weighted by molar-refractivity contribution is 5.91. The van der Waals surface area contributed by atoms with Crippen molar-refractivity contribution in [3.63, 3.8) is 0 Å². The number of hydrogen-bond acceptors (Lipinski definition) is 3. The van der Waals surface area contributed by atoms with Crippen molar-refractivity contribution in [2.45, 2.75) is 71.3 Å². The molecule has 0 amide bonds. The maximum atomic E-state index is 11.8. The molecule has 6 atom stereocenters. The van der Waals surface area contributed by atoms with Crippen LogP contribution in [0.5, 0.6) is 0 Å². The summed E-state index contributed by atoms with van der Waals surface area (Å²) in [5, 5.41) is 0. The highest BCUT2D eigenvalue weighted by Crippen LogP contribution is 2.65. The van der Waals surface area contributed by atoms with Gasteiger partial charge in [0.25, 0.3) is 0 Å². The Bertz CT molecular complexity index is 528. The Hall–Kier alpha value is -0.670. The molecule has 22 heavy (non-hydrogen) atoms. The van der Waals surface area contributed by atoms with Gasteiger partial charge in [-0.15, -0.1) is 0 Å². The quantitative estimate of drug-likeness (QED) is 0.750. The third kappa shape index (κ3) is 1.85. The summed E-state index contributed by atoms with van der Waals surface area (Å²) in [6.07, 6.45) is 11.4. The molecule has 3 saturated carbocycles. The Morgan fingerprint density at radius 2 is 1.91 bits per heavy atom. The van der Waals surface area contributed by atoms with Crippen molar-refractivity contribution in [3.8, 4) is 0 Å². The minimum absolute atomic E-state index is 0.246. The van der Waals surface area contributed by atoms with Crippen LogP contribution < -0.4 is 5.90 Å². The molecule has 3 unspecified atom stereocenters. The van der Waals surface area contributed by atoms with Gasteiger partial charge in [0.1, 0.15) is 0 Å². The molecule has 4 aliphatic rings. The molecule has 122 valence electrons. The molecular formula is C19H29NO2. The lowest BCUT2D eigenvalue weighted by Gasteiger charge is -2.57. The average Bonchev–Trinajstić information content (AvgIpc) is 2.84. The van der Waals surface area contributed by atoms with Crippen molar-refractivity contribution in [3.05, 3.63) is 11.6 Å². The lowest BCUT2D eigenvalue weighted by atomic mass is 9.47. The van der Waals surface area contributed by atoms with Gasteiger partial charge >= 0.3 is 0 Å². The first-order chi connectivity index (χ1) is 10.5. The molecule has 0 aromatic rings. The first kappa shape index (κ1) is 14.9. The third-order valence-electron chi connectivity index (χ3n) is 8.04. The summed E-state index contributed by atoms with van der Waals surface area (Å²) in [4.78, 5) is 17.2. The molecule has 0 spiro atoms. The molecule has 0 aromatic carbocycles. The number of carbonyl (C=O) groups is 1.